The number of thioether (sulfide) groups is 1. The minimum absolute atomic E-state index is 0.0626. The number of nitrogens with one attached hydrogen (secondary N) is 1. The predicted molar refractivity (Wildman–Crippen MR) is 110 cm³/mol. The van der Waals surface area contributed by atoms with Gasteiger partial charge in [-0.25, -0.2) is 18.5 Å². The monoisotopic (exact) mass is 434 g/mol. The maximum absolute atomic E-state index is 12.2. The van der Waals surface area contributed by atoms with Crippen molar-refractivity contribution >= 4 is 44.4 Å². The highest BCUT2D eigenvalue weighted by Gasteiger charge is 2.12. The molecule has 0 saturated heterocycles. The van der Waals surface area contributed by atoms with Crippen LogP contribution in [0.15, 0.2) is 52.5 Å². The van der Waals surface area contributed by atoms with Gasteiger partial charge in [0.2, 0.25) is 15.9 Å². The average molecular weight is 434 g/mol. The molecule has 0 unspecified atom stereocenters. The van der Waals surface area contributed by atoms with Crippen molar-refractivity contribution in [2.45, 2.75) is 9.92 Å². The van der Waals surface area contributed by atoms with E-state index < -0.39 is 10.0 Å². The van der Waals surface area contributed by atoms with Crippen LogP contribution in [0.1, 0.15) is 0 Å². The van der Waals surface area contributed by atoms with Crippen molar-refractivity contribution in [2.75, 3.05) is 25.3 Å². The van der Waals surface area contributed by atoms with E-state index >= 15 is 0 Å². The van der Waals surface area contributed by atoms with E-state index in [1.54, 1.807) is 31.5 Å². The molecular formula is C18H18N4O5S2. The molecule has 0 saturated carbocycles. The molecule has 3 aromatic rings. The highest BCUT2D eigenvalue weighted by atomic mass is 32.2. The fraction of sp³-hybridized carbons (Fsp3) is 0.167. The molecule has 0 aliphatic rings. The first-order valence-electron chi connectivity index (χ1n) is 8.24. The van der Waals surface area contributed by atoms with Crippen molar-refractivity contribution in [3.8, 4) is 11.5 Å². The van der Waals surface area contributed by atoms with Gasteiger partial charge in [-0.1, -0.05) is 17.8 Å². The van der Waals surface area contributed by atoms with Crippen LogP contribution in [-0.2, 0) is 14.8 Å². The number of sulfonamides is 1. The second kappa shape index (κ2) is 8.64. The van der Waals surface area contributed by atoms with E-state index in [4.69, 9.17) is 14.6 Å². The van der Waals surface area contributed by atoms with Gasteiger partial charge in [-0.15, -0.1) is 0 Å². The van der Waals surface area contributed by atoms with Gasteiger partial charge in [-0.2, -0.15) is 0 Å². The van der Waals surface area contributed by atoms with Crippen molar-refractivity contribution in [3.05, 3.63) is 42.6 Å². The van der Waals surface area contributed by atoms with Gasteiger partial charge in [0.25, 0.3) is 0 Å². The average Bonchev–Trinajstić information content (AvgIpc) is 2.70. The summed E-state index contributed by atoms with van der Waals surface area (Å²) in [5, 5.41) is 8.28. The number of methoxy groups -OCH3 is 2. The number of nitrogens with two attached hydrogens (primary N) is 1. The molecule has 3 N–H and O–H groups in total. The summed E-state index contributed by atoms with van der Waals surface area (Å²) in [6.45, 7) is 0. The number of amides is 1. The lowest BCUT2D eigenvalue weighted by Gasteiger charge is -2.09. The summed E-state index contributed by atoms with van der Waals surface area (Å²) in [4.78, 5) is 20.9. The second-order valence-electron chi connectivity index (χ2n) is 5.81. The molecular weight excluding hydrogens is 416 g/mol. The third kappa shape index (κ3) is 5.13. The SMILES string of the molecule is COc1cc2ncc(SCC(=O)Nc3cccc(S(N)(=O)=O)c3)nc2cc1OC. The van der Waals surface area contributed by atoms with E-state index in [1.807, 2.05) is 0 Å². The van der Waals surface area contributed by atoms with Crippen molar-refractivity contribution < 1.29 is 22.7 Å². The highest BCUT2D eigenvalue weighted by molar-refractivity contribution is 7.99. The lowest BCUT2D eigenvalue weighted by Crippen LogP contribution is -2.16. The molecule has 1 heterocycles. The molecule has 11 heteroatoms. The fourth-order valence-corrected chi connectivity index (χ4v) is 3.68. The third-order valence-corrected chi connectivity index (χ3v) is 5.63. The smallest absolute Gasteiger partial charge is 0.238 e. The van der Waals surface area contributed by atoms with Crippen LogP contribution in [0.5, 0.6) is 11.5 Å². The fourth-order valence-electron chi connectivity index (χ4n) is 2.48. The van der Waals surface area contributed by atoms with Crippen molar-refractivity contribution in [2.24, 2.45) is 5.14 Å². The molecule has 0 aliphatic heterocycles. The predicted octanol–water partition coefficient (Wildman–Crippen LogP) is 2.03. The summed E-state index contributed by atoms with van der Waals surface area (Å²) in [5.74, 6) is 0.822. The Morgan fingerprint density at radius 2 is 1.83 bits per heavy atom. The number of nitrogens with zero attached hydrogens (tertiary/aromatic N) is 2. The quantitative estimate of drug-likeness (QED) is 0.540. The van der Waals surface area contributed by atoms with Crippen LogP contribution >= 0.6 is 11.8 Å². The first-order chi connectivity index (χ1) is 13.8. The van der Waals surface area contributed by atoms with Gasteiger partial charge >= 0.3 is 0 Å². The number of primary sulfonamides is 1. The Bertz CT molecular complexity index is 1170. The molecule has 1 amide bonds. The number of hydrogen-bond donors (Lipinski definition) is 2. The Balaban J connectivity index is 1.69. The van der Waals surface area contributed by atoms with Gasteiger partial charge < -0.3 is 14.8 Å². The molecule has 9 nitrogen and oxygen atoms in total. The lowest BCUT2D eigenvalue weighted by molar-refractivity contribution is -0.113. The molecule has 152 valence electrons. The van der Waals surface area contributed by atoms with Crippen LogP contribution in [0.2, 0.25) is 0 Å². The van der Waals surface area contributed by atoms with Crippen LogP contribution in [-0.4, -0.2) is 44.3 Å². The van der Waals surface area contributed by atoms with E-state index in [0.29, 0.717) is 33.2 Å². The summed E-state index contributed by atoms with van der Waals surface area (Å²) < 4.78 is 33.3. The lowest BCUT2D eigenvalue weighted by atomic mass is 10.2. The molecule has 1 aromatic heterocycles. The summed E-state index contributed by atoms with van der Waals surface area (Å²) in [6.07, 6.45) is 1.56. The van der Waals surface area contributed by atoms with E-state index in [1.165, 1.54) is 37.1 Å². The van der Waals surface area contributed by atoms with Gasteiger partial charge in [0.05, 0.1) is 42.1 Å². The Hall–Kier alpha value is -2.89. The zero-order valence-corrected chi connectivity index (χ0v) is 17.2. The van der Waals surface area contributed by atoms with Gasteiger partial charge in [0, 0.05) is 17.8 Å². The zero-order valence-electron chi connectivity index (χ0n) is 15.6. The number of anilines is 1. The second-order valence-corrected chi connectivity index (χ2v) is 8.37. The van der Waals surface area contributed by atoms with E-state index in [-0.39, 0.29) is 16.6 Å². The van der Waals surface area contributed by atoms with Crippen LogP contribution in [0, 0.1) is 0 Å². The Morgan fingerprint density at radius 1 is 1.14 bits per heavy atom. The minimum atomic E-state index is -3.84. The Labute approximate surface area is 171 Å². The van der Waals surface area contributed by atoms with Crippen molar-refractivity contribution in [1.82, 2.24) is 9.97 Å². The van der Waals surface area contributed by atoms with Crippen LogP contribution in [0.3, 0.4) is 0 Å². The van der Waals surface area contributed by atoms with Gasteiger partial charge in [0.1, 0.15) is 5.03 Å². The van der Waals surface area contributed by atoms with E-state index in [0.717, 1.165) is 0 Å². The van der Waals surface area contributed by atoms with Crippen LogP contribution in [0.4, 0.5) is 5.69 Å². The molecule has 0 aliphatic carbocycles. The van der Waals surface area contributed by atoms with Gasteiger partial charge in [-0.3, -0.25) is 9.78 Å². The standard InChI is InChI=1S/C18H18N4O5S2/c1-26-15-7-13-14(8-16(15)27-2)22-18(9-20-13)28-10-17(23)21-11-4-3-5-12(6-11)29(19,24)25/h3-9H,10H2,1-2H3,(H,21,23)(H2,19,24,25). The van der Waals surface area contributed by atoms with Crippen molar-refractivity contribution in [1.29, 1.82) is 0 Å². The number of rotatable bonds is 7. The largest absolute Gasteiger partial charge is 0.493 e. The molecule has 0 radical (unpaired) electrons. The third-order valence-electron chi connectivity index (χ3n) is 3.82. The number of hydrogen-bond acceptors (Lipinski definition) is 8. The first kappa shape index (κ1) is 20.8. The molecule has 29 heavy (non-hydrogen) atoms. The van der Waals surface area contributed by atoms with Gasteiger partial charge in [-0.05, 0) is 18.2 Å². The van der Waals surface area contributed by atoms with Crippen molar-refractivity contribution in [3.63, 3.8) is 0 Å². The summed E-state index contributed by atoms with van der Waals surface area (Å²) in [5.41, 5.74) is 1.58. The molecule has 0 spiro atoms. The molecule has 0 bridgehead atoms. The Kier molecular flexibility index (Phi) is 6.20. The van der Waals surface area contributed by atoms with Gasteiger partial charge in [0.15, 0.2) is 11.5 Å². The maximum Gasteiger partial charge on any atom is 0.238 e. The topological polar surface area (TPSA) is 134 Å². The number of ether oxygens (including phenoxy) is 2. The molecule has 0 atom stereocenters. The van der Waals surface area contributed by atoms with Crippen LogP contribution < -0.4 is 19.9 Å². The number of carbonyl (C=O) groups is 1. The number of benzene rings is 2. The van der Waals surface area contributed by atoms with Crippen LogP contribution in [0.25, 0.3) is 11.0 Å². The highest BCUT2D eigenvalue weighted by Crippen LogP contribution is 2.31. The summed E-state index contributed by atoms with van der Waals surface area (Å²) in [6, 6.07) is 9.16. The molecule has 0 fully saturated rings. The molecule has 2 aromatic carbocycles. The Morgan fingerprint density at radius 3 is 2.48 bits per heavy atom. The molecule has 3 rings (SSSR count). The zero-order chi connectivity index (χ0) is 21.0. The summed E-state index contributed by atoms with van der Waals surface area (Å²) >= 11 is 1.20. The maximum atomic E-state index is 12.2. The van der Waals surface area contributed by atoms with E-state index in [9.17, 15) is 13.2 Å². The number of fused-ring (bicyclic) bond motifs is 1. The van der Waals surface area contributed by atoms with E-state index in [2.05, 4.69) is 15.3 Å². The first-order valence-corrected chi connectivity index (χ1v) is 10.8. The number of carbonyl (C=O) groups excluding carboxylic acids is 1. The minimum Gasteiger partial charge on any atom is -0.493 e. The summed E-state index contributed by atoms with van der Waals surface area (Å²) in [7, 11) is -0.769. The normalized spacial score (nSPS) is 11.3. The number of aromatic nitrogens is 2.